The summed E-state index contributed by atoms with van der Waals surface area (Å²) in [5.74, 6) is 0.864. The number of hydrogen-bond donors (Lipinski definition) is 0. The van der Waals surface area contributed by atoms with E-state index in [0.29, 0.717) is 17.5 Å². The highest BCUT2D eigenvalue weighted by molar-refractivity contribution is 6.25. The molecule has 0 bridgehead atoms. The molecule has 8 aromatic rings. The van der Waals surface area contributed by atoms with E-state index in [9.17, 15) is 0 Å². The number of furan rings is 1. The summed E-state index contributed by atoms with van der Waals surface area (Å²) in [5.41, 5.74) is 12.6. The Morgan fingerprint density at radius 2 is 1.30 bits per heavy atom. The van der Waals surface area contributed by atoms with Gasteiger partial charge in [-0.05, 0) is 87.3 Å². The maximum atomic E-state index is 6.74. The van der Waals surface area contributed by atoms with Gasteiger partial charge in [0, 0.05) is 27.8 Å². The first-order valence-electron chi connectivity index (χ1n) is 18.4. The Morgan fingerprint density at radius 3 is 2.04 bits per heavy atom. The van der Waals surface area contributed by atoms with Gasteiger partial charge in [-0.3, -0.25) is 0 Å². The first-order chi connectivity index (χ1) is 26.5. The van der Waals surface area contributed by atoms with Gasteiger partial charge in [0.05, 0.1) is 11.4 Å². The van der Waals surface area contributed by atoms with Crippen molar-refractivity contribution in [2.24, 2.45) is 9.98 Å². The molecule has 1 unspecified atom stereocenters. The molecule has 258 valence electrons. The Morgan fingerprint density at radius 1 is 0.630 bits per heavy atom. The largest absolute Gasteiger partial charge is 0.456 e. The maximum absolute atomic E-state index is 6.74. The molecule has 1 aromatic heterocycles. The Bertz CT molecular complexity index is 2820. The van der Waals surface area contributed by atoms with Crippen molar-refractivity contribution in [3.63, 3.8) is 0 Å². The lowest BCUT2D eigenvalue weighted by Gasteiger charge is -2.20. The molecule has 3 heteroatoms. The van der Waals surface area contributed by atoms with Gasteiger partial charge >= 0.3 is 0 Å². The van der Waals surface area contributed by atoms with Crippen LogP contribution in [0.4, 0.5) is 0 Å². The van der Waals surface area contributed by atoms with Crippen molar-refractivity contribution in [3.05, 3.63) is 216 Å². The minimum Gasteiger partial charge on any atom is -0.456 e. The molecule has 0 saturated heterocycles. The van der Waals surface area contributed by atoms with Gasteiger partial charge in [0.15, 0.2) is 5.84 Å². The third kappa shape index (κ3) is 6.31. The van der Waals surface area contributed by atoms with Crippen LogP contribution in [0.5, 0.6) is 0 Å². The van der Waals surface area contributed by atoms with Crippen LogP contribution in [0.15, 0.2) is 197 Å². The van der Waals surface area contributed by atoms with Gasteiger partial charge in [-0.2, -0.15) is 0 Å². The molecule has 3 nitrogen and oxygen atoms in total. The Labute approximate surface area is 315 Å². The fourth-order valence-electron chi connectivity index (χ4n) is 7.57. The summed E-state index contributed by atoms with van der Waals surface area (Å²) in [4.78, 5) is 10.6. The zero-order valence-corrected chi connectivity index (χ0v) is 30.2. The number of fused-ring (bicyclic) bond motifs is 5. The zero-order chi connectivity index (χ0) is 36.6. The number of hydrogen-bond acceptors (Lipinski definition) is 2. The third-order valence-electron chi connectivity index (χ3n) is 10.4. The second kappa shape index (κ2) is 13.9. The smallest absolute Gasteiger partial charge is 0.161 e. The van der Waals surface area contributed by atoms with Crippen LogP contribution in [-0.4, -0.2) is 11.5 Å². The monoisotopic (exact) mass is 694 g/mol. The van der Waals surface area contributed by atoms with E-state index >= 15 is 0 Å². The maximum Gasteiger partial charge on any atom is 0.161 e. The van der Waals surface area contributed by atoms with Crippen molar-refractivity contribution in [3.8, 4) is 11.1 Å². The molecular weight excluding hydrogens is 657 g/mol. The molecule has 7 aromatic carbocycles. The SMILES string of the molecule is C=C(C)/C(=N\C(=N/C(=C)c1ccccc1)c1cc(-c2ccc(C3C=Cc4ccccc4C3)cc2)cc2oc3cc4ccccc4cc3c12)c1ccccc1. The van der Waals surface area contributed by atoms with Gasteiger partial charge in [-0.25, -0.2) is 9.98 Å². The molecule has 0 spiro atoms. The van der Waals surface area contributed by atoms with Gasteiger partial charge in [-0.15, -0.1) is 0 Å². The standard InChI is InChI=1S/C51H38N2O/c1-33(2)50(39-17-8-5-9-18-39)53-51(52-34(3)35-14-6-4-7-15-35)46-30-44(32-48-49(46)45-29-41-20-12-13-21-42(41)31-47(45)54-48)38-24-22-37(23-25-38)43-27-26-36-16-10-11-19-40(36)28-43/h4-27,29-32,43H,1,3,28H2,2H3/b52-51-,53-50+. The topological polar surface area (TPSA) is 37.9 Å². The average Bonchev–Trinajstić information content (AvgIpc) is 3.58. The highest BCUT2D eigenvalue weighted by Crippen LogP contribution is 2.39. The van der Waals surface area contributed by atoms with Crippen LogP contribution >= 0.6 is 0 Å². The van der Waals surface area contributed by atoms with E-state index in [1.54, 1.807) is 0 Å². The second-order valence-corrected chi connectivity index (χ2v) is 14.0. The molecular formula is C51H38N2O. The number of nitrogens with zero attached hydrogens (tertiary/aromatic N) is 2. The summed E-state index contributed by atoms with van der Waals surface area (Å²) in [6.07, 6.45) is 5.57. The normalized spacial score (nSPS) is 14.4. The Balaban J connectivity index is 1.25. The molecule has 0 saturated carbocycles. The molecule has 1 heterocycles. The van der Waals surface area contributed by atoms with E-state index in [4.69, 9.17) is 14.4 Å². The minimum atomic E-state index is 0.326. The summed E-state index contributed by atoms with van der Waals surface area (Å²) >= 11 is 0. The van der Waals surface area contributed by atoms with Crippen molar-refractivity contribution >= 4 is 56.0 Å². The first kappa shape index (κ1) is 33.0. The molecule has 0 amide bonds. The van der Waals surface area contributed by atoms with Crippen LogP contribution in [0.25, 0.3) is 55.6 Å². The molecule has 9 rings (SSSR count). The van der Waals surface area contributed by atoms with E-state index in [2.05, 4.69) is 135 Å². The van der Waals surface area contributed by atoms with E-state index in [1.807, 2.05) is 55.5 Å². The van der Waals surface area contributed by atoms with Crippen molar-refractivity contribution in [2.75, 3.05) is 0 Å². The predicted octanol–water partition coefficient (Wildman–Crippen LogP) is 13.2. The van der Waals surface area contributed by atoms with Crippen molar-refractivity contribution < 1.29 is 4.42 Å². The number of aliphatic imine (C=N–C) groups is 2. The fraction of sp³-hybridized carbons (Fsp3) is 0.0588. The molecule has 0 aliphatic heterocycles. The van der Waals surface area contributed by atoms with Crippen LogP contribution in [0.3, 0.4) is 0 Å². The fourth-order valence-corrected chi connectivity index (χ4v) is 7.57. The lowest BCUT2D eigenvalue weighted by atomic mass is 9.85. The number of benzene rings is 7. The highest BCUT2D eigenvalue weighted by Gasteiger charge is 2.21. The van der Waals surface area contributed by atoms with Gasteiger partial charge in [-0.1, -0.05) is 159 Å². The van der Waals surface area contributed by atoms with Crippen LogP contribution in [0.1, 0.15) is 46.2 Å². The van der Waals surface area contributed by atoms with E-state index < -0.39 is 0 Å². The first-order valence-corrected chi connectivity index (χ1v) is 18.4. The van der Waals surface area contributed by atoms with Gasteiger partial charge in [0.2, 0.25) is 0 Å². The van der Waals surface area contributed by atoms with E-state index in [-0.39, 0.29) is 0 Å². The lowest BCUT2D eigenvalue weighted by molar-refractivity contribution is 0.669. The molecule has 54 heavy (non-hydrogen) atoms. The summed E-state index contributed by atoms with van der Waals surface area (Å²) < 4.78 is 6.74. The number of rotatable bonds is 7. The predicted molar refractivity (Wildman–Crippen MR) is 228 cm³/mol. The molecule has 1 atom stereocenters. The molecule has 0 N–H and O–H groups in total. The van der Waals surface area contributed by atoms with Gasteiger partial charge < -0.3 is 4.42 Å². The summed E-state index contributed by atoms with van der Waals surface area (Å²) in [7, 11) is 0. The highest BCUT2D eigenvalue weighted by atomic mass is 16.3. The Hall–Kier alpha value is -6.84. The second-order valence-electron chi connectivity index (χ2n) is 14.0. The van der Waals surface area contributed by atoms with Crippen molar-refractivity contribution in [1.82, 2.24) is 0 Å². The van der Waals surface area contributed by atoms with Crippen LogP contribution < -0.4 is 0 Å². The molecule has 0 fully saturated rings. The van der Waals surface area contributed by atoms with Crippen LogP contribution in [0.2, 0.25) is 0 Å². The van der Waals surface area contributed by atoms with Crippen LogP contribution in [-0.2, 0) is 6.42 Å². The van der Waals surface area contributed by atoms with E-state index in [0.717, 1.165) is 78.2 Å². The molecule has 1 aliphatic carbocycles. The molecule has 0 radical (unpaired) electrons. The summed E-state index contributed by atoms with van der Waals surface area (Å²) in [6.45, 7) is 10.8. The van der Waals surface area contributed by atoms with E-state index in [1.165, 1.54) is 16.7 Å². The van der Waals surface area contributed by atoms with Crippen molar-refractivity contribution in [1.29, 1.82) is 0 Å². The van der Waals surface area contributed by atoms with Gasteiger partial charge in [0.1, 0.15) is 11.2 Å². The van der Waals surface area contributed by atoms with Crippen molar-refractivity contribution in [2.45, 2.75) is 19.3 Å². The molecule has 1 aliphatic rings. The average molecular weight is 695 g/mol. The Kier molecular flexibility index (Phi) is 8.53. The minimum absolute atomic E-state index is 0.326. The third-order valence-corrected chi connectivity index (χ3v) is 10.4. The number of amidine groups is 1. The van der Waals surface area contributed by atoms with Gasteiger partial charge in [0.25, 0.3) is 0 Å². The zero-order valence-electron chi connectivity index (χ0n) is 30.2. The number of allylic oxidation sites excluding steroid dienone is 2. The summed E-state index contributed by atoms with van der Waals surface area (Å²) in [6, 6.07) is 54.9. The lowest BCUT2D eigenvalue weighted by Crippen LogP contribution is -2.09. The summed E-state index contributed by atoms with van der Waals surface area (Å²) in [5, 5.41) is 4.23. The van der Waals surface area contributed by atoms with Crippen LogP contribution in [0, 0.1) is 0 Å². The quantitative estimate of drug-likeness (QED) is 0.121.